The summed E-state index contributed by atoms with van der Waals surface area (Å²) in [5, 5.41) is 8.29. The lowest BCUT2D eigenvalue weighted by Crippen LogP contribution is -2.60. The van der Waals surface area contributed by atoms with Crippen molar-refractivity contribution in [3.05, 3.63) is 0 Å². The zero-order chi connectivity index (χ0) is 10.2. The molecule has 0 unspecified atom stereocenters. The minimum Gasteiger partial charge on any atom is -0.475 e. The first-order valence-corrected chi connectivity index (χ1v) is 3.95. The molecule has 5 heteroatoms. The number of hydrogen-bond donors (Lipinski definition) is 1. The number of carbonyl (C=O) groups is 3. The Kier molecular flexibility index (Phi) is 2.11. The van der Waals surface area contributed by atoms with Crippen LogP contribution in [0.5, 0.6) is 0 Å². The highest BCUT2D eigenvalue weighted by Gasteiger charge is 2.43. The lowest BCUT2D eigenvalue weighted by molar-refractivity contribution is -0.162. The molecule has 0 spiro atoms. The molecule has 1 heterocycles. The Bertz CT molecular complexity index is 282. The van der Waals surface area contributed by atoms with Crippen molar-refractivity contribution in [2.24, 2.45) is 0 Å². The van der Waals surface area contributed by atoms with E-state index in [1.807, 2.05) is 0 Å². The van der Waals surface area contributed by atoms with Crippen LogP contribution in [0, 0.1) is 0 Å². The maximum absolute atomic E-state index is 11.2. The molecule has 0 aromatic heterocycles. The van der Waals surface area contributed by atoms with Crippen LogP contribution in [0.4, 0.5) is 0 Å². The molecule has 0 bridgehead atoms. The molecule has 72 valence electrons. The van der Waals surface area contributed by atoms with Crippen molar-refractivity contribution in [2.75, 3.05) is 6.54 Å². The number of carbonyl (C=O) groups excluding carboxylic acids is 2. The summed E-state index contributed by atoms with van der Waals surface area (Å²) >= 11 is 0. The smallest absolute Gasteiger partial charge is 0.382 e. The fourth-order valence-electron chi connectivity index (χ4n) is 1.26. The maximum Gasteiger partial charge on any atom is 0.382 e. The monoisotopic (exact) mass is 185 g/mol. The van der Waals surface area contributed by atoms with E-state index in [4.69, 9.17) is 5.11 Å². The Labute approximate surface area is 75.3 Å². The summed E-state index contributed by atoms with van der Waals surface area (Å²) in [5.74, 6) is -3.95. The van der Waals surface area contributed by atoms with E-state index in [0.717, 1.165) is 6.42 Å². The summed E-state index contributed by atoms with van der Waals surface area (Å²) in [6, 6.07) is 0. The Morgan fingerprint density at radius 1 is 1.31 bits per heavy atom. The molecule has 1 fully saturated rings. The van der Waals surface area contributed by atoms with Crippen molar-refractivity contribution >= 4 is 17.7 Å². The van der Waals surface area contributed by atoms with Gasteiger partial charge in [-0.1, -0.05) is 0 Å². The third kappa shape index (κ3) is 1.54. The van der Waals surface area contributed by atoms with E-state index in [1.165, 1.54) is 4.90 Å². The quantitative estimate of drug-likeness (QED) is 0.471. The Hall–Kier alpha value is -1.39. The van der Waals surface area contributed by atoms with Gasteiger partial charge in [0.15, 0.2) is 0 Å². The van der Waals surface area contributed by atoms with Gasteiger partial charge >= 0.3 is 17.7 Å². The fourth-order valence-corrected chi connectivity index (χ4v) is 1.26. The van der Waals surface area contributed by atoms with E-state index >= 15 is 0 Å². The molecule has 1 rings (SSSR count). The van der Waals surface area contributed by atoms with E-state index in [0.29, 0.717) is 6.54 Å². The molecule has 0 atom stereocenters. The summed E-state index contributed by atoms with van der Waals surface area (Å²) in [5.41, 5.74) is -0.373. The van der Waals surface area contributed by atoms with Crippen molar-refractivity contribution in [1.29, 1.82) is 0 Å². The minimum atomic E-state index is -1.69. The summed E-state index contributed by atoms with van der Waals surface area (Å²) < 4.78 is 0. The average Bonchev–Trinajstić information content (AvgIpc) is 2.01. The van der Waals surface area contributed by atoms with Crippen molar-refractivity contribution in [3.63, 3.8) is 0 Å². The van der Waals surface area contributed by atoms with E-state index in [2.05, 4.69) is 0 Å². The third-order valence-electron chi connectivity index (χ3n) is 2.31. The molecule has 0 aromatic carbocycles. The van der Waals surface area contributed by atoms with Crippen LogP contribution in [0.15, 0.2) is 0 Å². The first-order chi connectivity index (χ1) is 5.86. The number of aliphatic carboxylic acids is 1. The molecule has 0 aromatic rings. The number of Topliss-reactive ketones (excluding diaryl/α,β-unsaturated/α-hetero) is 1. The van der Waals surface area contributed by atoms with Gasteiger partial charge in [-0.2, -0.15) is 0 Å². The van der Waals surface area contributed by atoms with Gasteiger partial charge < -0.3 is 10.0 Å². The first kappa shape index (κ1) is 9.70. The van der Waals surface area contributed by atoms with E-state index in [9.17, 15) is 14.4 Å². The van der Waals surface area contributed by atoms with Crippen LogP contribution in [-0.4, -0.2) is 39.7 Å². The van der Waals surface area contributed by atoms with Crippen LogP contribution in [-0.2, 0) is 14.4 Å². The average molecular weight is 185 g/mol. The number of amides is 1. The fraction of sp³-hybridized carbons (Fsp3) is 0.625. The lowest BCUT2D eigenvalue weighted by Gasteiger charge is -2.47. The van der Waals surface area contributed by atoms with Gasteiger partial charge in [-0.15, -0.1) is 0 Å². The van der Waals surface area contributed by atoms with Crippen LogP contribution in [0.25, 0.3) is 0 Å². The number of ketones is 1. The van der Waals surface area contributed by atoms with Gasteiger partial charge in [-0.05, 0) is 20.3 Å². The number of likely N-dealkylation sites (tertiary alicyclic amines) is 1. The molecule has 1 aliphatic rings. The van der Waals surface area contributed by atoms with E-state index < -0.39 is 17.7 Å². The number of rotatable bonds is 2. The van der Waals surface area contributed by atoms with Crippen LogP contribution in [0.2, 0.25) is 0 Å². The molecule has 1 amide bonds. The molecule has 0 aliphatic carbocycles. The number of hydrogen-bond acceptors (Lipinski definition) is 3. The van der Waals surface area contributed by atoms with Crippen molar-refractivity contribution < 1.29 is 19.5 Å². The lowest BCUT2D eigenvalue weighted by atomic mass is 9.88. The molecular weight excluding hydrogens is 174 g/mol. The zero-order valence-corrected chi connectivity index (χ0v) is 7.53. The highest BCUT2D eigenvalue weighted by atomic mass is 16.4. The van der Waals surface area contributed by atoms with Crippen molar-refractivity contribution in [1.82, 2.24) is 4.90 Å². The minimum absolute atomic E-state index is 0.373. The van der Waals surface area contributed by atoms with Crippen molar-refractivity contribution in [2.45, 2.75) is 25.8 Å². The van der Waals surface area contributed by atoms with Crippen LogP contribution in [0.3, 0.4) is 0 Å². The van der Waals surface area contributed by atoms with Crippen LogP contribution >= 0.6 is 0 Å². The first-order valence-electron chi connectivity index (χ1n) is 3.95. The summed E-state index contributed by atoms with van der Waals surface area (Å²) in [6.45, 7) is 4.05. The van der Waals surface area contributed by atoms with Gasteiger partial charge in [0, 0.05) is 12.1 Å². The molecule has 0 saturated carbocycles. The Morgan fingerprint density at radius 2 is 1.85 bits per heavy atom. The number of carboxylic acids is 1. The summed E-state index contributed by atoms with van der Waals surface area (Å²) in [4.78, 5) is 33.4. The van der Waals surface area contributed by atoms with Crippen LogP contribution < -0.4 is 0 Å². The molecule has 13 heavy (non-hydrogen) atoms. The number of nitrogens with zero attached hydrogens (tertiary/aromatic N) is 1. The largest absolute Gasteiger partial charge is 0.475 e. The zero-order valence-electron chi connectivity index (χ0n) is 7.53. The Morgan fingerprint density at radius 3 is 2.08 bits per heavy atom. The number of carboxylic acid groups (broad SMARTS) is 1. The van der Waals surface area contributed by atoms with Gasteiger partial charge in [0.05, 0.1) is 0 Å². The molecule has 0 radical (unpaired) electrons. The van der Waals surface area contributed by atoms with Crippen molar-refractivity contribution in [3.8, 4) is 0 Å². The SMILES string of the molecule is CC1(C)CCN1C(=O)C(=O)C(=O)O. The topological polar surface area (TPSA) is 74.7 Å². The summed E-state index contributed by atoms with van der Waals surface area (Å²) in [7, 11) is 0. The molecule has 1 N–H and O–H groups in total. The highest BCUT2D eigenvalue weighted by molar-refractivity contribution is 6.61. The van der Waals surface area contributed by atoms with Gasteiger partial charge in [0.1, 0.15) is 0 Å². The van der Waals surface area contributed by atoms with Gasteiger partial charge in [0.25, 0.3) is 0 Å². The standard InChI is InChI=1S/C8H11NO4/c1-8(2)3-4-9(8)6(11)5(10)7(12)13/h3-4H2,1-2H3,(H,12,13). The highest BCUT2D eigenvalue weighted by Crippen LogP contribution is 2.29. The molecule has 5 nitrogen and oxygen atoms in total. The summed E-state index contributed by atoms with van der Waals surface area (Å²) in [6.07, 6.45) is 0.797. The molecule has 1 saturated heterocycles. The normalized spacial score (nSPS) is 19.1. The van der Waals surface area contributed by atoms with Gasteiger partial charge in [-0.3, -0.25) is 9.59 Å². The second-order valence-electron chi connectivity index (χ2n) is 3.65. The molecule has 1 aliphatic heterocycles. The molecular formula is C8H11NO4. The van der Waals surface area contributed by atoms with E-state index in [1.54, 1.807) is 13.8 Å². The van der Waals surface area contributed by atoms with E-state index in [-0.39, 0.29) is 5.54 Å². The second kappa shape index (κ2) is 2.83. The van der Waals surface area contributed by atoms with Crippen LogP contribution in [0.1, 0.15) is 20.3 Å². The van der Waals surface area contributed by atoms with Gasteiger partial charge in [-0.25, -0.2) is 4.79 Å². The van der Waals surface area contributed by atoms with Gasteiger partial charge in [0.2, 0.25) is 0 Å². The predicted molar refractivity (Wildman–Crippen MR) is 43.1 cm³/mol. The third-order valence-corrected chi connectivity index (χ3v) is 2.31. The second-order valence-corrected chi connectivity index (χ2v) is 3.65. The predicted octanol–water partition coefficient (Wildman–Crippen LogP) is -0.349. The Balaban J connectivity index is 2.70. The maximum atomic E-state index is 11.2.